The highest BCUT2D eigenvalue weighted by Crippen LogP contribution is 2.36. The first-order valence-electron chi connectivity index (χ1n) is 7.51. The minimum Gasteiger partial charge on any atom is -0.398 e. The highest BCUT2D eigenvalue weighted by atomic mass is 16.7. The molecule has 0 bridgehead atoms. The normalized spacial score (nSPS) is 19.6. The number of para-hydroxylation sites is 2. The second kappa shape index (κ2) is 4.93. The molecule has 0 amide bonds. The molecule has 0 unspecified atom stereocenters. The summed E-state index contributed by atoms with van der Waals surface area (Å²) in [4.78, 5) is 11.4. The lowest BCUT2D eigenvalue weighted by molar-refractivity contribution is 0.00578. The molecule has 1 aliphatic heterocycles. The smallest absolute Gasteiger partial charge is 0.398 e. The van der Waals surface area contributed by atoms with Crippen molar-refractivity contribution in [1.82, 2.24) is 9.97 Å². The van der Waals surface area contributed by atoms with E-state index in [0.29, 0.717) is 0 Å². The third-order valence-electron chi connectivity index (χ3n) is 4.48. The standard InChI is InChI=1S/C16H22BN3O2/c1-15(2)16(3,4)22-17(21-15)13-14(20(5)6)19-12-10-8-7-9-11(12)18-13/h7-10H,1-6H3. The molecule has 5 nitrogen and oxygen atoms in total. The predicted molar refractivity (Wildman–Crippen MR) is 89.6 cm³/mol. The molecule has 2 heterocycles. The fourth-order valence-electron chi connectivity index (χ4n) is 2.45. The topological polar surface area (TPSA) is 47.5 Å². The number of nitrogens with zero attached hydrogens (tertiary/aromatic N) is 3. The van der Waals surface area contributed by atoms with Crippen molar-refractivity contribution in [2.24, 2.45) is 0 Å². The van der Waals surface area contributed by atoms with Gasteiger partial charge in [-0.2, -0.15) is 0 Å². The van der Waals surface area contributed by atoms with Gasteiger partial charge in [0, 0.05) is 14.1 Å². The molecule has 0 atom stereocenters. The predicted octanol–water partition coefficient (Wildman–Crippen LogP) is 1.99. The van der Waals surface area contributed by atoms with Crippen LogP contribution in [0, 0.1) is 0 Å². The van der Waals surface area contributed by atoms with E-state index in [1.807, 2.05) is 71.0 Å². The third-order valence-corrected chi connectivity index (χ3v) is 4.48. The van der Waals surface area contributed by atoms with Gasteiger partial charge in [-0.15, -0.1) is 0 Å². The van der Waals surface area contributed by atoms with E-state index in [2.05, 4.69) is 0 Å². The van der Waals surface area contributed by atoms with Crippen molar-refractivity contribution in [2.75, 3.05) is 19.0 Å². The van der Waals surface area contributed by atoms with Crippen molar-refractivity contribution in [3.05, 3.63) is 24.3 Å². The minimum absolute atomic E-state index is 0.394. The van der Waals surface area contributed by atoms with Gasteiger partial charge < -0.3 is 14.2 Å². The molecule has 0 aliphatic carbocycles. The molecule has 0 saturated carbocycles. The third kappa shape index (κ3) is 2.36. The average molecular weight is 299 g/mol. The molecule has 0 spiro atoms. The summed E-state index contributed by atoms with van der Waals surface area (Å²) in [6, 6.07) is 7.84. The Labute approximate surface area is 131 Å². The molecule has 2 aromatic rings. The molecule has 22 heavy (non-hydrogen) atoms. The van der Waals surface area contributed by atoms with Crippen LogP contribution in [0.2, 0.25) is 0 Å². The Morgan fingerprint density at radius 2 is 1.41 bits per heavy atom. The van der Waals surface area contributed by atoms with Crippen molar-refractivity contribution in [3.8, 4) is 0 Å². The van der Waals surface area contributed by atoms with Crippen molar-refractivity contribution in [3.63, 3.8) is 0 Å². The highest BCUT2D eigenvalue weighted by Gasteiger charge is 2.53. The first kappa shape index (κ1) is 15.2. The Morgan fingerprint density at radius 1 is 0.909 bits per heavy atom. The molecule has 0 N–H and O–H groups in total. The molecule has 1 aromatic heterocycles. The molecular weight excluding hydrogens is 277 g/mol. The van der Waals surface area contributed by atoms with Gasteiger partial charge in [-0.25, -0.2) is 4.98 Å². The number of anilines is 1. The summed E-state index contributed by atoms with van der Waals surface area (Å²) in [5.74, 6) is 0.775. The Morgan fingerprint density at radius 3 is 1.91 bits per heavy atom. The fraction of sp³-hybridized carbons (Fsp3) is 0.500. The molecule has 6 heteroatoms. The van der Waals surface area contributed by atoms with Gasteiger partial charge in [-0.05, 0) is 39.8 Å². The summed E-state index contributed by atoms with van der Waals surface area (Å²) in [6.45, 7) is 8.15. The van der Waals surface area contributed by atoms with Crippen LogP contribution in [0.4, 0.5) is 5.82 Å². The van der Waals surface area contributed by atoms with Crippen LogP contribution in [0.3, 0.4) is 0 Å². The van der Waals surface area contributed by atoms with Crippen LogP contribution in [-0.2, 0) is 9.31 Å². The summed E-state index contributed by atoms with van der Waals surface area (Å²) in [5, 5.41) is 0. The van der Waals surface area contributed by atoms with E-state index in [0.717, 1.165) is 22.4 Å². The first-order chi connectivity index (χ1) is 10.2. The summed E-state index contributed by atoms with van der Waals surface area (Å²) in [5.41, 5.74) is 1.65. The SMILES string of the molecule is CN(C)c1nc2ccccc2nc1B1OC(C)(C)C(C)(C)O1. The van der Waals surface area contributed by atoms with Gasteiger partial charge in [0.2, 0.25) is 0 Å². The van der Waals surface area contributed by atoms with Crippen LogP contribution in [0.1, 0.15) is 27.7 Å². The molecule has 1 aliphatic rings. The molecule has 1 aromatic carbocycles. The van der Waals surface area contributed by atoms with Crippen LogP contribution in [0.5, 0.6) is 0 Å². The highest BCUT2D eigenvalue weighted by molar-refractivity contribution is 6.63. The number of aromatic nitrogens is 2. The van der Waals surface area contributed by atoms with E-state index in [1.54, 1.807) is 0 Å². The van der Waals surface area contributed by atoms with Crippen molar-refractivity contribution in [1.29, 1.82) is 0 Å². The number of rotatable bonds is 2. The summed E-state index contributed by atoms with van der Waals surface area (Å²) < 4.78 is 12.3. The van der Waals surface area contributed by atoms with Gasteiger partial charge in [-0.3, -0.25) is 4.98 Å². The number of benzene rings is 1. The zero-order valence-corrected chi connectivity index (χ0v) is 14.0. The lowest BCUT2D eigenvalue weighted by atomic mass is 9.83. The summed E-state index contributed by atoms with van der Waals surface area (Å²) >= 11 is 0. The molecular formula is C16H22BN3O2. The minimum atomic E-state index is -0.514. The van der Waals surface area contributed by atoms with Crippen LogP contribution in [0.15, 0.2) is 24.3 Å². The second-order valence-corrected chi connectivity index (χ2v) is 6.90. The van der Waals surface area contributed by atoms with Gasteiger partial charge in [-0.1, -0.05) is 12.1 Å². The monoisotopic (exact) mass is 299 g/mol. The van der Waals surface area contributed by atoms with Gasteiger partial charge in [0.15, 0.2) is 0 Å². The molecule has 3 rings (SSSR count). The molecule has 1 saturated heterocycles. The van der Waals surface area contributed by atoms with E-state index in [4.69, 9.17) is 19.3 Å². The van der Waals surface area contributed by atoms with E-state index < -0.39 is 18.3 Å². The zero-order valence-electron chi connectivity index (χ0n) is 14.0. The lowest BCUT2D eigenvalue weighted by Gasteiger charge is -2.32. The van der Waals surface area contributed by atoms with Gasteiger partial charge >= 0.3 is 7.12 Å². The van der Waals surface area contributed by atoms with E-state index >= 15 is 0 Å². The van der Waals surface area contributed by atoms with Gasteiger partial charge in [0.25, 0.3) is 0 Å². The summed E-state index contributed by atoms with van der Waals surface area (Å²) in [7, 11) is 3.39. The Balaban J connectivity index is 2.12. The van der Waals surface area contributed by atoms with E-state index in [-0.39, 0.29) is 0 Å². The van der Waals surface area contributed by atoms with Crippen molar-refractivity contribution >= 4 is 29.6 Å². The maximum Gasteiger partial charge on any atom is 0.518 e. The zero-order chi connectivity index (χ0) is 16.1. The van der Waals surface area contributed by atoms with Crippen molar-refractivity contribution < 1.29 is 9.31 Å². The van der Waals surface area contributed by atoms with E-state index in [1.165, 1.54) is 0 Å². The average Bonchev–Trinajstić information content (AvgIpc) is 2.66. The lowest BCUT2D eigenvalue weighted by Crippen LogP contribution is -2.41. The Bertz CT molecular complexity index is 700. The maximum absolute atomic E-state index is 6.14. The van der Waals surface area contributed by atoms with Crippen LogP contribution >= 0.6 is 0 Å². The number of fused-ring (bicyclic) bond motifs is 1. The van der Waals surface area contributed by atoms with Crippen LogP contribution in [0.25, 0.3) is 11.0 Å². The van der Waals surface area contributed by atoms with E-state index in [9.17, 15) is 0 Å². The quantitative estimate of drug-likeness (QED) is 0.794. The largest absolute Gasteiger partial charge is 0.518 e. The number of hydrogen-bond acceptors (Lipinski definition) is 5. The van der Waals surface area contributed by atoms with Crippen LogP contribution < -0.4 is 10.5 Å². The van der Waals surface area contributed by atoms with Crippen molar-refractivity contribution in [2.45, 2.75) is 38.9 Å². The Kier molecular flexibility index (Phi) is 3.42. The second-order valence-electron chi connectivity index (χ2n) is 6.90. The van der Waals surface area contributed by atoms with Gasteiger partial charge in [0.1, 0.15) is 11.4 Å². The van der Waals surface area contributed by atoms with Gasteiger partial charge in [0.05, 0.1) is 22.2 Å². The number of hydrogen-bond donors (Lipinski definition) is 0. The molecule has 1 fully saturated rings. The molecule has 0 radical (unpaired) electrons. The molecule has 116 valence electrons. The Hall–Kier alpha value is -1.66. The summed E-state index contributed by atoms with van der Waals surface area (Å²) in [6.07, 6.45) is 0. The van der Waals surface area contributed by atoms with Crippen LogP contribution in [-0.4, -0.2) is 42.4 Å². The first-order valence-corrected chi connectivity index (χ1v) is 7.51. The maximum atomic E-state index is 6.14. The fourth-order valence-corrected chi connectivity index (χ4v) is 2.45.